The van der Waals surface area contributed by atoms with Crippen LogP contribution in [0.15, 0.2) is 17.0 Å². The highest BCUT2D eigenvalue weighted by Crippen LogP contribution is 2.33. The van der Waals surface area contributed by atoms with Gasteiger partial charge in [0.1, 0.15) is 12.1 Å². The largest absolute Gasteiger partial charge is 0.325 e. The number of nitrogens with zero attached hydrogens (tertiary/aromatic N) is 2. The molecule has 1 spiro atoms. The first kappa shape index (κ1) is 22.2. The number of hydrogen-bond acceptors (Lipinski definition) is 5. The molecule has 4 amide bonds. The predicted octanol–water partition coefficient (Wildman–Crippen LogP) is 1.75. The van der Waals surface area contributed by atoms with Crippen molar-refractivity contribution in [2.24, 2.45) is 0 Å². The molecule has 0 unspecified atom stereocenters. The number of benzene rings is 1. The highest BCUT2D eigenvalue weighted by atomic mass is 32.2. The van der Waals surface area contributed by atoms with Crippen molar-refractivity contribution in [1.29, 1.82) is 0 Å². The van der Waals surface area contributed by atoms with Crippen molar-refractivity contribution in [2.45, 2.75) is 56.4 Å². The fourth-order valence-corrected chi connectivity index (χ4v) is 4.98. The third-order valence-electron chi connectivity index (χ3n) is 5.95. The molecule has 10 heteroatoms. The van der Waals surface area contributed by atoms with E-state index in [1.54, 1.807) is 19.9 Å². The number of anilines is 1. The van der Waals surface area contributed by atoms with Gasteiger partial charge in [0.25, 0.3) is 5.91 Å². The van der Waals surface area contributed by atoms with Crippen molar-refractivity contribution >= 4 is 33.6 Å². The van der Waals surface area contributed by atoms with Crippen LogP contribution in [0.25, 0.3) is 0 Å². The summed E-state index contributed by atoms with van der Waals surface area (Å²) in [6.07, 6.45) is 3.91. The molecule has 2 aliphatic rings. The van der Waals surface area contributed by atoms with E-state index in [4.69, 9.17) is 0 Å². The van der Waals surface area contributed by atoms with Crippen LogP contribution in [0.2, 0.25) is 0 Å². The fourth-order valence-electron chi connectivity index (χ4n) is 3.96. The normalized spacial score (nSPS) is 18.8. The quantitative estimate of drug-likeness (QED) is 0.682. The Hall–Kier alpha value is -2.46. The summed E-state index contributed by atoms with van der Waals surface area (Å²) in [7, 11) is -0.816. The first-order valence-corrected chi connectivity index (χ1v) is 11.4. The van der Waals surface area contributed by atoms with E-state index in [2.05, 4.69) is 10.6 Å². The third kappa shape index (κ3) is 3.93. The van der Waals surface area contributed by atoms with Crippen LogP contribution in [-0.2, 0) is 19.6 Å². The Labute approximate surface area is 176 Å². The molecule has 1 aromatic rings. The summed E-state index contributed by atoms with van der Waals surface area (Å²) in [4.78, 5) is 38.8. The number of hydrogen-bond donors (Lipinski definition) is 2. The van der Waals surface area contributed by atoms with Gasteiger partial charge in [-0.25, -0.2) is 17.5 Å². The number of aryl methyl sites for hydroxylation is 1. The molecule has 1 aliphatic carbocycles. The first-order valence-electron chi connectivity index (χ1n) is 9.96. The Bertz CT molecular complexity index is 997. The van der Waals surface area contributed by atoms with Crippen LogP contribution in [0.3, 0.4) is 0 Å². The molecular formula is C20H28N4O5S. The lowest BCUT2D eigenvalue weighted by atomic mass is 9.82. The molecule has 0 bridgehead atoms. The molecule has 164 valence electrons. The van der Waals surface area contributed by atoms with E-state index in [1.807, 2.05) is 0 Å². The molecule has 1 saturated heterocycles. The summed E-state index contributed by atoms with van der Waals surface area (Å²) in [5.74, 6) is -0.924. The Morgan fingerprint density at radius 2 is 1.80 bits per heavy atom. The van der Waals surface area contributed by atoms with Crippen molar-refractivity contribution in [3.63, 3.8) is 0 Å². The molecular weight excluding hydrogens is 408 g/mol. The third-order valence-corrected chi connectivity index (χ3v) is 7.74. The van der Waals surface area contributed by atoms with Crippen molar-refractivity contribution in [1.82, 2.24) is 14.5 Å². The fraction of sp³-hybridized carbons (Fsp3) is 0.550. The van der Waals surface area contributed by atoms with E-state index in [1.165, 1.54) is 20.2 Å². The minimum absolute atomic E-state index is 0.0575. The Balaban J connectivity index is 1.79. The number of nitrogens with one attached hydrogen (secondary N) is 2. The molecule has 1 aromatic carbocycles. The van der Waals surface area contributed by atoms with Crippen molar-refractivity contribution in [3.05, 3.63) is 23.3 Å². The molecule has 1 aliphatic heterocycles. The van der Waals surface area contributed by atoms with Gasteiger partial charge >= 0.3 is 6.03 Å². The summed E-state index contributed by atoms with van der Waals surface area (Å²) in [5, 5.41) is 5.44. The molecule has 1 heterocycles. The number of imide groups is 1. The number of rotatable bonds is 5. The highest BCUT2D eigenvalue weighted by molar-refractivity contribution is 7.89. The second-order valence-electron chi connectivity index (χ2n) is 8.21. The number of carbonyl (C=O) groups excluding carboxylic acids is 3. The molecule has 9 nitrogen and oxygen atoms in total. The molecule has 30 heavy (non-hydrogen) atoms. The van der Waals surface area contributed by atoms with Crippen LogP contribution in [0.4, 0.5) is 10.5 Å². The standard InChI is InChI=1S/C20H28N4O5S/c1-13-10-15(30(28,29)23(3)4)11-16(14(13)2)21-17(25)12-24-18(26)20(22-19(24)27)8-6-5-7-9-20/h10-11H,5-9,12H2,1-4H3,(H,21,25)(H,22,27). The van der Waals surface area contributed by atoms with Gasteiger partial charge in [0.15, 0.2) is 0 Å². The maximum Gasteiger partial charge on any atom is 0.325 e. The minimum atomic E-state index is -3.68. The van der Waals surface area contributed by atoms with Gasteiger partial charge in [0, 0.05) is 19.8 Å². The first-order chi connectivity index (χ1) is 14.0. The molecule has 3 rings (SSSR count). The summed E-state index contributed by atoms with van der Waals surface area (Å²) < 4.78 is 26.1. The SMILES string of the molecule is Cc1cc(S(=O)(=O)N(C)C)cc(NC(=O)CN2C(=O)NC3(CCCCC3)C2=O)c1C. The Morgan fingerprint density at radius 1 is 1.17 bits per heavy atom. The van der Waals surface area contributed by atoms with Gasteiger partial charge < -0.3 is 10.6 Å². The van der Waals surface area contributed by atoms with Gasteiger partial charge in [0.05, 0.1) is 4.90 Å². The molecule has 0 radical (unpaired) electrons. The van der Waals surface area contributed by atoms with Crippen LogP contribution in [0, 0.1) is 13.8 Å². The van der Waals surface area contributed by atoms with Crippen molar-refractivity contribution in [3.8, 4) is 0 Å². The number of sulfonamides is 1. The minimum Gasteiger partial charge on any atom is -0.324 e. The van der Waals surface area contributed by atoms with Crippen LogP contribution in [-0.4, -0.2) is 61.6 Å². The van der Waals surface area contributed by atoms with Crippen molar-refractivity contribution < 1.29 is 22.8 Å². The molecule has 0 atom stereocenters. The van der Waals surface area contributed by atoms with Crippen LogP contribution < -0.4 is 10.6 Å². The second kappa shape index (κ2) is 7.99. The van der Waals surface area contributed by atoms with E-state index < -0.39 is 34.0 Å². The molecule has 2 N–H and O–H groups in total. The molecule has 1 saturated carbocycles. The van der Waals surface area contributed by atoms with Gasteiger partial charge in [-0.3, -0.25) is 14.5 Å². The number of carbonyl (C=O) groups is 3. The van der Waals surface area contributed by atoms with E-state index in [-0.39, 0.29) is 10.8 Å². The smallest absolute Gasteiger partial charge is 0.324 e. The number of urea groups is 1. The maximum absolute atomic E-state index is 12.8. The average Bonchev–Trinajstić information content (AvgIpc) is 2.89. The topological polar surface area (TPSA) is 116 Å². The number of amides is 4. The average molecular weight is 437 g/mol. The van der Waals surface area contributed by atoms with Gasteiger partial charge in [-0.2, -0.15) is 0 Å². The van der Waals surface area contributed by atoms with E-state index in [0.29, 0.717) is 29.7 Å². The van der Waals surface area contributed by atoms with E-state index in [9.17, 15) is 22.8 Å². The zero-order valence-corrected chi connectivity index (χ0v) is 18.6. The molecule has 2 fully saturated rings. The second-order valence-corrected chi connectivity index (χ2v) is 10.4. The summed E-state index contributed by atoms with van der Waals surface area (Å²) in [6, 6.07) is 2.38. The van der Waals surface area contributed by atoms with Gasteiger partial charge in [-0.05, 0) is 49.9 Å². The summed E-state index contributed by atoms with van der Waals surface area (Å²) in [5.41, 5.74) is 0.855. The zero-order chi connectivity index (χ0) is 22.3. The lowest BCUT2D eigenvalue weighted by Crippen LogP contribution is -2.48. The van der Waals surface area contributed by atoms with Crippen molar-refractivity contribution in [2.75, 3.05) is 26.0 Å². The summed E-state index contributed by atoms with van der Waals surface area (Å²) in [6.45, 7) is 3.10. The van der Waals surface area contributed by atoms with E-state index >= 15 is 0 Å². The van der Waals surface area contributed by atoms with Gasteiger partial charge in [-0.15, -0.1) is 0 Å². The Morgan fingerprint density at radius 3 is 2.40 bits per heavy atom. The Kier molecular flexibility index (Phi) is 5.92. The van der Waals surface area contributed by atoms with Crippen LogP contribution in [0.1, 0.15) is 43.2 Å². The van der Waals surface area contributed by atoms with Crippen LogP contribution >= 0.6 is 0 Å². The highest BCUT2D eigenvalue weighted by Gasteiger charge is 2.51. The van der Waals surface area contributed by atoms with Gasteiger partial charge in [0.2, 0.25) is 15.9 Å². The lowest BCUT2D eigenvalue weighted by Gasteiger charge is -2.30. The predicted molar refractivity (Wildman–Crippen MR) is 111 cm³/mol. The molecule has 0 aromatic heterocycles. The maximum atomic E-state index is 12.8. The summed E-state index contributed by atoms with van der Waals surface area (Å²) >= 11 is 0. The lowest BCUT2D eigenvalue weighted by molar-refractivity contribution is -0.134. The van der Waals surface area contributed by atoms with Gasteiger partial charge in [-0.1, -0.05) is 19.3 Å². The van der Waals surface area contributed by atoms with Crippen LogP contribution in [0.5, 0.6) is 0 Å². The van der Waals surface area contributed by atoms with E-state index in [0.717, 1.165) is 28.5 Å². The monoisotopic (exact) mass is 436 g/mol. The zero-order valence-electron chi connectivity index (χ0n) is 17.7.